The monoisotopic (exact) mass is 450 g/mol. The van der Waals surface area contributed by atoms with Gasteiger partial charge in [-0.1, -0.05) is 18.2 Å². The molecule has 6 rings (SSSR count). The zero-order valence-corrected chi connectivity index (χ0v) is 18.0. The summed E-state index contributed by atoms with van der Waals surface area (Å²) in [7, 11) is 0. The van der Waals surface area contributed by atoms with Gasteiger partial charge in [0.05, 0.1) is 51.0 Å². The third-order valence-electron chi connectivity index (χ3n) is 5.76. The predicted molar refractivity (Wildman–Crippen MR) is 116 cm³/mol. The lowest BCUT2D eigenvalue weighted by Gasteiger charge is -2.32. The Labute approximate surface area is 191 Å². The SMILES string of the molecule is C1=CC(C2OCCO2)=CC(c2cc(C3OCCO3)cc(-c3cc(C4OCCO4)ccn3)n2)[N-]1. The summed E-state index contributed by atoms with van der Waals surface area (Å²) in [6, 6.07) is 7.48. The van der Waals surface area contributed by atoms with E-state index in [1.54, 1.807) is 12.4 Å². The lowest BCUT2D eigenvalue weighted by molar-refractivity contribution is -0.0444. The van der Waals surface area contributed by atoms with E-state index < -0.39 is 6.29 Å². The molecule has 0 bridgehead atoms. The lowest BCUT2D eigenvalue weighted by Crippen LogP contribution is -2.14. The molecule has 0 aromatic carbocycles. The van der Waals surface area contributed by atoms with Crippen LogP contribution >= 0.6 is 0 Å². The van der Waals surface area contributed by atoms with E-state index in [1.165, 1.54) is 0 Å². The van der Waals surface area contributed by atoms with Crippen LogP contribution in [0.1, 0.15) is 35.4 Å². The summed E-state index contributed by atoms with van der Waals surface area (Å²) in [5.41, 5.74) is 4.90. The number of ether oxygens (including phenoxy) is 6. The van der Waals surface area contributed by atoms with E-state index in [0.717, 1.165) is 22.4 Å². The molecule has 9 nitrogen and oxygen atoms in total. The van der Waals surface area contributed by atoms with Crippen molar-refractivity contribution < 1.29 is 28.4 Å². The second kappa shape index (κ2) is 9.30. The molecule has 0 radical (unpaired) electrons. The standard InChI is InChI=1S/C24H24N3O6/c1-3-25-18(11-15(1)22-28-5-6-29-22)20-13-17(24-32-9-10-33-24)14-21(27-20)19-12-16(2-4-26-19)23-30-7-8-31-23/h1-4,11-14,18,22-24H,5-10H2/q-1. The van der Waals surface area contributed by atoms with Crippen LogP contribution in [-0.4, -0.2) is 55.9 Å². The van der Waals surface area contributed by atoms with Crippen molar-refractivity contribution in [2.45, 2.75) is 24.9 Å². The molecule has 9 heteroatoms. The van der Waals surface area contributed by atoms with E-state index in [4.69, 9.17) is 33.4 Å². The average Bonchev–Trinajstić information content (AvgIpc) is 3.67. The van der Waals surface area contributed by atoms with Crippen molar-refractivity contribution in [3.05, 3.63) is 76.5 Å². The second-order valence-electron chi connectivity index (χ2n) is 7.98. The van der Waals surface area contributed by atoms with Gasteiger partial charge in [0.15, 0.2) is 18.9 Å². The quantitative estimate of drug-likeness (QED) is 0.683. The molecule has 0 aliphatic carbocycles. The van der Waals surface area contributed by atoms with Crippen LogP contribution in [0.4, 0.5) is 0 Å². The zero-order chi connectivity index (χ0) is 22.0. The summed E-state index contributed by atoms with van der Waals surface area (Å²) in [5.74, 6) is 0. The molecule has 33 heavy (non-hydrogen) atoms. The fourth-order valence-electron chi connectivity index (χ4n) is 4.20. The molecule has 0 spiro atoms. The van der Waals surface area contributed by atoms with Crippen LogP contribution in [0.2, 0.25) is 0 Å². The van der Waals surface area contributed by atoms with Crippen molar-refractivity contribution in [1.82, 2.24) is 9.97 Å². The minimum atomic E-state index is -0.445. The van der Waals surface area contributed by atoms with Gasteiger partial charge in [-0.05, 0) is 24.3 Å². The molecule has 172 valence electrons. The number of aromatic nitrogens is 2. The van der Waals surface area contributed by atoms with Gasteiger partial charge in [-0.3, -0.25) is 9.97 Å². The van der Waals surface area contributed by atoms with Gasteiger partial charge in [-0.15, -0.1) is 0 Å². The number of hydrogen-bond acceptors (Lipinski definition) is 8. The van der Waals surface area contributed by atoms with Crippen molar-refractivity contribution in [3.63, 3.8) is 0 Å². The molecule has 2 aromatic rings. The first-order chi connectivity index (χ1) is 16.3. The summed E-state index contributed by atoms with van der Waals surface area (Å²) in [6.07, 6.45) is 6.25. The predicted octanol–water partition coefficient (Wildman–Crippen LogP) is 3.48. The Morgan fingerprint density at radius 2 is 1.36 bits per heavy atom. The Morgan fingerprint density at radius 1 is 0.727 bits per heavy atom. The van der Waals surface area contributed by atoms with E-state index >= 15 is 0 Å². The third kappa shape index (κ3) is 4.43. The molecular formula is C24H24N3O6-. The lowest BCUT2D eigenvalue weighted by atomic mass is 10.0. The number of rotatable bonds is 5. The molecule has 1 atom stereocenters. The molecule has 6 heterocycles. The number of nitrogens with zero attached hydrogens (tertiary/aromatic N) is 3. The zero-order valence-electron chi connectivity index (χ0n) is 18.0. The van der Waals surface area contributed by atoms with Crippen molar-refractivity contribution in [2.24, 2.45) is 0 Å². The summed E-state index contributed by atoms with van der Waals surface area (Å²) < 4.78 is 34.2. The third-order valence-corrected chi connectivity index (χ3v) is 5.76. The van der Waals surface area contributed by atoms with E-state index in [1.807, 2.05) is 36.4 Å². The maximum absolute atomic E-state index is 5.77. The number of pyridine rings is 2. The van der Waals surface area contributed by atoms with Crippen molar-refractivity contribution in [2.75, 3.05) is 39.6 Å². The highest BCUT2D eigenvalue weighted by atomic mass is 16.7. The maximum atomic E-state index is 5.77. The minimum absolute atomic E-state index is 0.289. The summed E-state index contributed by atoms with van der Waals surface area (Å²) >= 11 is 0. The highest BCUT2D eigenvalue weighted by molar-refractivity contribution is 5.57. The van der Waals surface area contributed by atoms with Gasteiger partial charge in [0, 0.05) is 28.6 Å². The van der Waals surface area contributed by atoms with Gasteiger partial charge in [0.2, 0.25) is 0 Å². The number of hydrogen-bond donors (Lipinski definition) is 0. The maximum Gasteiger partial charge on any atom is 0.184 e. The summed E-state index contributed by atoms with van der Waals surface area (Å²) in [5, 5.41) is 4.63. The van der Waals surface area contributed by atoms with Crippen LogP contribution in [0.5, 0.6) is 0 Å². The first-order valence-corrected chi connectivity index (χ1v) is 11.1. The Balaban J connectivity index is 1.37. The summed E-state index contributed by atoms with van der Waals surface area (Å²) in [4.78, 5) is 9.48. The second-order valence-corrected chi connectivity index (χ2v) is 7.98. The minimum Gasteiger partial charge on any atom is -0.680 e. The van der Waals surface area contributed by atoms with Gasteiger partial charge >= 0.3 is 0 Å². The van der Waals surface area contributed by atoms with Crippen molar-refractivity contribution in [1.29, 1.82) is 0 Å². The Morgan fingerprint density at radius 3 is 2.09 bits per heavy atom. The fraction of sp³-hybridized carbons (Fsp3) is 0.417. The highest BCUT2D eigenvalue weighted by Crippen LogP contribution is 2.35. The normalized spacial score (nSPS) is 24.4. The van der Waals surface area contributed by atoms with Crippen LogP contribution in [0.3, 0.4) is 0 Å². The molecule has 4 aliphatic rings. The van der Waals surface area contributed by atoms with Gasteiger partial charge in [0.25, 0.3) is 0 Å². The molecule has 4 aliphatic heterocycles. The molecule has 3 saturated heterocycles. The van der Waals surface area contributed by atoms with Gasteiger partial charge in [-0.25, -0.2) is 0 Å². The highest BCUT2D eigenvalue weighted by Gasteiger charge is 2.24. The first-order valence-electron chi connectivity index (χ1n) is 11.1. The Kier molecular flexibility index (Phi) is 5.89. The van der Waals surface area contributed by atoms with E-state index in [9.17, 15) is 0 Å². The van der Waals surface area contributed by atoms with Crippen molar-refractivity contribution in [3.8, 4) is 11.4 Å². The smallest absolute Gasteiger partial charge is 0.184 e. The Bertz CT molecular complexity index is 1060. The molecule has 1 unspecified atom stereocenters. The van der Waals surface area contributed by atoms with Gasteiger partial charge in [-0.2, -0.15) is 6.20 Å². The van der Waals surface area contributed by atoms with Crippen LogP contribution in [0.25, 0.3) is 16.7 Å². The average molecular weight is 450 g/mol. The largest absolute Gasteiger partial charge is 0.680 e. The molecule has 0 amide bonds. The fourth-order valence-corrected chi connectivity index (χ4v) is 4.20. The van der Waals surface area contributed by atoms with Crippen LogP contribution in [0, 0.1) is 0 Å². The molecule has 0 N–H and O–H groups in total. The molecule has 2 aromatic heterocycles. The topological polar surface area (TPSA) is 95.3 Å². The van der Waals surface area contributed by atoms with E-state index in [0.29, 0.717) is 51.0 Å². The van der Waals surface area contributed by atoms with Gasteiger partial charge in [0.1, 0.15) is 0 Å². The van der Waals surface area contributed by atoms with Crippen LogP contribution in [-0.2, 0) is 28.4 Å². The molecule has 3 fully saturated rings. The van der Waals surface area contributed by atoms with E-state index in [-0.39, 0.29) is 18.6 Å². The van der Waals surface area contributed by atoms with Crippen molar-refractivity contribution >= 4 is 0 Å². The first kappa shape index (κ1) is 20.9. The van der Waals surface area contributed by atoms with Crippen LogP contribution < -0.4 is 0 Å². The molecule has 0 saturated carbocycles. The Hall–Kier alpha value is -2.66. The van der Waals surface area contributed by atoms with E-state index in [2.05, 4.69) is 10.3 Å². The van der Waals surface area contributed by atoms with Crippen LogP contribution in [0.15, 0.2) is 54.4 Å². The summed E-state index contributed by atoms with van der Waals surface area (Å²) in [6.45, 7) is 3.44. The van der Waals surface area contributed by atoms with Gasteiger partial charge < -0.3 is 33.7 Å². The molecular weight excluding hydrogens is 426 g/mol.